The topological polar surface area (TPSA) is 104 Å². The van der Waals surface area contributed by atoms with E-state index in [0.29, 0.717) is 16.0 Å². The van der Waals surface area contributed by atoms with Crippen molar-refractivity contribution in [2.24, 2.45) is 0 Å². The zero-order valence-corrected chi connectivity index (χ0v) is 16.0. The quantitative estimate of drug-likeness (QED) is 0.450. The molecule has 9 nitrogen and oxygen atoms in total. The van der Waals surface area contributed by atoms with Crippen LogP contribution in [-0.2, 0) is 9.63 Å². The monoisotopic (exact) mass is 410 g/mol. The van der Waals surface area contributed by atoms with Crippen molar-refractivity contribution in [2.75, 3.05) is 12.9 Å². The minimum atomic E-state index is -0.756. The lowest BCUT2D eigenvalue weighted by Crippen LogP contribution is -2.33. The van der Waals surface area contributed by atoms with E-state index in [1.807, 2.05) is 12.1 Å². The molecule has 0 fully saturated rings. The van der Waals surface area contributed by atoms with Crippen LogP contribution in [0.15, 0.2) is 60.0 Å². The molecule has 0 saturated carbocycles. The van der Waals surface area contributed by atoms with Crippen molar-refractivity contribution in [1.82, 2.24) is 19.8 Å². The number of carbonyl (C=O) groups excluding carboxylic acids is 3. The van der Waals surface area contributed by atoms with Gasteiger partial charge in [-0.3, -0.25) is 14.2 Å². The van der Waals surface area contributed by atoms with E-state index in [0.717, 1.165) is 17.4 Å². The fourth-order valence-corrected chi connectivity index (χ4v) is 3.44. The smallest absolute Gasteiger partial charge is 0.343 e. The van der Waals surface area contributed by atoms with Crippen LogP contribution in [0.2, 0.25) is 0 Å². The zero-order valence-electron chi connectivity index (χ0n) is 15.1. The third-order valence-electron chi connectivity index (χ3n) is 4.14. The first-order valence-electron chi connectivity index (χ1n) is 8.44. The number of hydrogen-bond donors (Lipinski definition) is 0. The van der Waals surface area contributed by atoms with Crippen LogP contribution in [-0.4, -0.2) is 50.5 Å². The van der Waals surface area contributed by atoms with E-state index in [1.54, 1.807) is 35.9 Å². The fourth-order valence-electron chi connectivity index (χ4n) is 2.74. The molecule has 0 bridgehead atoms. The lowest BCUT2D eigenvalue weighted by atomic mass is 10.1. The Labute approximate surface area is 169 Å². The minimum absolute atomic E-state index is 0.164. The standard InChI is InChI=1S/C19H14N4O5S/c1-27-13-8-6-12(7-9-13)22-11-20-21-19(22)29-10-16(24)28-23-17(25)14-4-2-3-5-15(14)18(23)26/h2-9,11H,10H2,1H3. The molecule has 146 valence electrons. The van der Waals surface area contributed by atoms with Gasteiger partial charge in [0.1, 0.15) is 17.8 Å². The molecule has 0 unspecified atom stereocenters. The Hall–Kier alpha value is -3.66. The Kier molecular flexibility index (Phi) is 5.00. The lowest BCUT2D eigenvalue weighted by molar-refractivity contribution is -0.165. The summed E-state index contributed by atoms with van der Waals surface area (Å²) in [5.74, 6) is -1.53. The Morgan fingerprint density at radius 3 is 2.31 bits per heavy atom. The Balaban J connectivity index is 1.41. The van der Waals surface area contributed by atoms with Crippen LogP contribution in [0.5, 0.6) is 5.75 Å². The number of methoxy groups -OCH3 is 1. The molecule has 29 heavy (non-hydrogen) atoms. The van der Waals surface area contributed by atoms with E-state index in [4.69, 9.17) is 9.57 Å². The first kappa shape index (κ1) is 18.7. The number of imide groups is 1. The SMILES string of the molecule is COc1ccc(-n2cnnc2SCC(=O)ON2C(=O)c3ccccc3C2=O)cc1. The van der Waals surface area contributed by atoms with E-state index in [1.165, 1.54) is 18.5 Å². The molecule has 1 aliphatic heterocycles. The van der Waals surface area contributed by atoms with Gasteiger partial charge in [0.2, 0.25) is 0 Å². The predicted octanol–water partition coefficient (Wildman–Crippen LogP) is 2.12. The first-order chi connectivity index (χ1) is 14.1. The molecule has 0 spiro atoms. The van der Waals surface area contributed by atoms with Gasteiger partial charge in [-0.05, 0) is 36.4 Å². The maximum Gasteiger partial charge on any atom is 0.343 e. The highest BCUT2D eigenvalue weighted by Gasteiger charge is 2.38. The third-order valence-corrected chi connectivity index (χ3v) is 5.05. The summed E-state index contributed by atoms with van der Waals surface area (Å²) in [4.78, 5) is 41.7. The number of hydroxylamine groups is 2. The Morgan fingerprint density at radius 1 is 1.03 bits per heavy atom. The average Bonchev–Trinajstić information content (AvgIpc) is 3.32. The van der Waals surface area contributed by atoms with Crippen LogP contribution >= 0.6 is 11.8 Å². The number of hydrogen-bond acceptors (Lipinski definition) is 8. The van der Waals surface area contributed by atoms with Crippen molar-refractivity contribution in [3.05, 3.63) is 66.0 Å². The number of carbonyl (C=O) groups is 3. The second-order valence-corrected chi connectivity index (χ2v) is 6.83. The number of amides is 2. The van der Waals surface area contributed by atoms with Crippen molar-refractivity contribution in [1.29, 1.82) is 0 Å². The molecule has 0 saturated heterocycles. The fraction of sp³-hybridized carbons (Fsp3) is 0.105. The van der Waals surface area contributed by atoms with Gasteiger partial charge in [-0.25, -0.2) is 4.79 Å². The van der Waals surface area contributed by atoms with Gasteiger partial charge >= 0.3 is 5.97 Å². The van der Waals surface area contributed by atoms with E-state index in [9.17, 15) is 14.4 Å². The largest absolute Gasteiger partial charge is 0.497 e. The number of ether oxygens (including phenoxy) is 1. The number of fused-ring (bicyclic) bond motifs is 1. The lowest BCUT2D eigenvalue weighted by Gasteiger charge is -2.12. The van der Waals surface area contributed by atoms with Crippen molar-refractivity contribution in [3.63, 3.8) is 0 Å². The van der Waals surface area contributed by atoms with Gasteiger partial charge in [-0.1, -0.05) is 29.0 Å². The van der Waals surface area contributed by atoms with Crippen LogP contribution in [0.4, 0.5) is 0 Å². The molecule has 1 aromatic heterocycles. The van der Waals surface area contributed by atoms with E-state index in [2.05, 4.69) is 10.2 Å². The van der Waals surface area contributed by atoms with E-state index < -0.39 is 17.8 Å². The Bertz CT molecular complexity index is 1060. The van der Waals surface area contributed by atoms with Crippen LogP contribution < -0.4 is 4.74 Å². The molecule has 0 N–H and O–H groups in total. The molecule has 2 aromatic carbocycles. The molecule has 4 rings (SSSR count). The second-order valence-electron chi connectivity index (χ2n) is 5.88. The summed E-state index contributed by atoms with van der Waals surface area (Å²) in [6.45, 7) is 0. The molecule has 0 atom stereocenters. The van der Waals surface area contributed by atoms with Crippen LogP contribution in [0.1, 0.15) is 20.7 Å². The molecular formula is C19H14N4O5S. The van der Waals surface area contributed by atoms with Crippen LogP contribution in [0, 0.1) is 0 Å². The van der Waals surface area contributed by atoms with Crippen molar-refractivity contribution in [2.45, 2.75) is 5.16 Å². The third kappa shape index (κ3) is 3.57. The maximum atomic E-state index is 12.3. The van der Waals surface area contributed by atoms with Gasteiger partial charge in [-0.15, -0.1) is 10.2 Å². The van der Waals surface area contributed by atoms with Gasteiger partial charge < -0.3 is 9.57 Å². The number of benzene rings is 2. The van der Waals surface area contributed by atoms with Gasteiger partial charge in [0.15, 0.2) is 5.16 Å². The van der Waals surface area contributed by atoms with Gasteiger partial charge in [0.25, 0.3) is 11.8 Å². The zero-order chi connectivity index (χ0) is 20.4. The van der Waals surface area contributed by atoms with Crippen molar-refractivity contribution in [3.8, 4) is 11.4 Å². The second kappa shape index (κ2) is 7.76. The van der Waals surface area contributed by atoms with E-state index >= 15 is 0 Å². The van der Waals surface area contributed by atoms with Gasteiger partial charge in [0.05, 0.1) is 18.2 Å². The molecule has 0 radical (unpaired) electrons. The van der Waals surface area contributed by atoms with Gasteiger partial charge in [-0.2, -0.15) is 0 Å². The van der Waals surface area contributed by atoms with E-state index in [-0.39, 0.29) is 16.9 Å². The molecule has 2 heterocycles. The summed E-state index contributed by atoms with van der Waals surface area (Å²) in [6, 6.07) is 13.5. The highest BCUT2D eigenvalue weighted by Crippen LogP contribution is 2.24. The maximum absolute atomic E-state index is 12.3. The summed E-state index contributed by atoms with van der Waals surface area (Å²) in [5, 5.41) is 8.80. The molecule has 3 aromatic rings. The molecule has 10 heteroatoms. The summed E-state index contributed by atoms with van der Waals surface area (Å²) < 4.78 is 6.83. The number of aromatic nitrogens is 3. The number of nitrogens with zero attached hydrogens (tertiary/aromatic N) is 4. The molecule has 2 amide bonds. The highest BCUT2D eigenvalue weighted by molar-refractivity contribution is 7.99. The van der Waals surface area contributed by atoms with Crippen LogP contribution in [0.3, 0.4) is 0 Å². The molecule has 0 aliphatic carbocycles. The summed E-state index contributed by atoms with van der Waals surface area (Å²) >= 11 is 1.07. The van der Waals surface area contributed by atoms with Gasteiger partial charge in [0, 0.05) is 5.69 Å². The highest BCUT2D eigenvalue weighted by atomic mass is 32.2. The number of thioether (sulfide) groups is 1. The van der Waals surface area contributed by atoms with Crippen molar-refractivity contribution < 1.29 is 24.0 Å². The molecular weight excluding hydrogens is 396 g/mol. The Morgan fingerprint density at radius 2 is 1.69 bits per heavy atom. The number of rotatable bonds is 6. The minimum Gasteiger partial charge on any atom is -0.497 e. The molecule has 1 aliphatic rings. The summed E-state index contributed by atoms with van der Waals surface area (Å²) in [7, 11) is 1.58. The normalized spacial score (nSPS) is 12.8. The predicted molar refractivity (Wildman–Crippen MR) is 102 cm³/mol. The first-order valence-corrected chi connectivity index (χ1v) is 9.43. The van der Waals surface area contributed by atoms with Crippen molar-refractivity contribution >= 4 is 29.5 Å². The summed E-state index contributed by atoms with van der Waals surface area (Å²) in [6.07, 6.45) is 1.51. The average molecular weight is 410 g/mol. The van der Waals surface area contributed by atoms with Crippen LogP contribution in [0.25, 0.3) is 5.69 Å². The summed E-state index contributed by atoms with van der Waals surface area (Å²) in [5.41, 5.74) is 1.20.